The van der Waals surface area contributed by atoms with Gasteiger partial charge in [0.1, 0.15) is 0 Å². The Bertz CT molecular complexity index is 389. The molecule has 0 bridgehead atoms. The molecule has 0 aromatic rings. The molecule has 5 atom stereocenters. The smallest absolute Gasteiger partial charge is 0.192 e. The summed E-state index contributed by atoms with van der Waals surface area (Å²) in [6.45, 7) is 17.0. The first-order valence-corrected chi connectivity index (χ1v) is 13.7. The van der Waals surface area contributed by atoms with Crippen molar-refractivity contribution in [2.75, 3.05) is 4.43 Å². The summed E-state index contributed by atoms with van der Waals surface area (Å²) in [4.78, 5) is 0. The Morgan fingerprint density at radius 3 is 2.41 bits per heavy atom. The van der Waals surface area contributed by atoms with E-state index in [2.05, 4.69) is 70.3 Å². The van der Waals surface area contributed by atoms with Gasteiger partial charge in [-0.2, -0.15) is 0 Å². The summed E-state index contributed by atoms with van der Waals surface area (Å²) in [6.07, 6.45) is 7.48. The molecular formula is C19H37IOSi. The minimum Gasteiger partial charge on any atom is -0.414 e. The molecule has 0 saturated heterocycles. The summed E-state index contributed by atoms with van der Waals surface area (Å²) < 4.78 is 8.23. The molecule has 0 heterocycles. The molecule has 0 aromatic carbocycles. The van der Waals surface area contributed by atoms with Crippen molar-refractivity contribution in [2.45, 2.75) is 91.0 Å². The highest BCUT2D eigenvalue weighted by atomic mass is 127. The lowest BCUT2D eigenvalue weighted by molar-refractivity contribution is -0.0179. The second-order valence-corrected chi connectivity index (χ2v) is 15.4. The van der Waals surface area contributed by atoms with E-state index >= 15 is 0 Å². The Labute approximate surface area is 153 Å². The third-order valence-electron chi connectivity index (χ3n) is 7.32. The third kappa shape index (κ3) is 3.46. The van der Waals surface area contributed by atoms with Gasteiger partial charge in [-0.25, -0.2) is 0 Å². The van der Waals surface area contributed by atoms with Gasteiger partial charge in [-0.15, -0.1) is 0 Å². The van der Waals surface area contributed by atoms with E-state index in [0.29, 0.717) is 16.6 Å². The van der Waals surface area contributed by atoms with Crippen LogP contribution in [0.2, 0.25) is 18.1 Å². The predicted octanol–water partition coefficient (Wildman–Crippen LogP) is 6.66. The normalized spacial score (nSPS) is 37.9. The minimum absolute atomic E-state index is 0.328. The number of hydrogen-bond acceptors (Lipinski definition) is 1. The molecule has 0 radical (unpaired) electrons. The standard InChI is InChI=1S/C19H37IOSi/c1-14(13-20)15-10-11-16-17(9-8-12-19(15,16)5)21-22(6,7)18(2,3)4/h14-17H,8-13H2,1-7H3/t14-,15-,16+,17+,19-/m1/s1. The molecule has 3 heteroatoms. The molecule has 22 heavy (non-hydrogen) atoms. The van der Waals surface area contributed by atoms with E-state index in [1.807, 2.05) is 0 Å². The largest absolute Gasteiger partial charge is 0.414 e. The first-order chi connectivity index (χ1) is 10.0. The number of fused-ring (bicyclic) bond motifs is 1. The van der Waals surface area contributed by atoms with Crippen LogP contribution in [0.5, 0.6) is 0 Å². The lowest BCUT2D eigenvalue weighted by atomic mass is 9.62. The van der Waals surface area contributed by atoms with Crippen LogP contribution in [0.15, 0.2) is 0 Å². The van der Waals surface area contributed by atoms with Crippen LogP contribution in [0.4, 0.5) is 0 Å². The van der Waals surface area contributed by atoms with Gasteiger partial charge < -0.3 is 4.43 Å². The highest BCUT2D eigenvalue weighted by molar-refractivity contribution is 14.1. The fraction of sp³-hybridized carbons (Fsp3) is 1.00. The maximum absolute atomic E-state index is 6.92. The molecule has 0 aliphatic heterocycles. The van der Waals surface area contributed by atoms with Gasteiger partial charge >= 0.3 is 0 Å². The van der Waals surface area contributed by atoms with Crippen LogP contribution in [0.25, 0.3) is 0 Å². The lowest BCUT2D eigenvalue weighted by Crippen LogP contribution is -2.50. The van der Waals surface area contributed by atoms with Crippen LogP contribution in [0.3, 0.4) is 0 Å². The zero-order chi connectivity index (χ0) is 16.8. The van der Waals surface area contributed by atoms with E-state index in [1.54, 1.807) is 0 Å². The van der Waals surface area contributed by atoms with Gasteiger partial charge in [-0.1, -0.05) is 63.6 Å². The summed E-state index contributed by atoms with van der Waals surface area (Å²) in [5, 5.41) is 0.328. The molecule has 2 rings (SSSR count). The Balaban J connectivity index is 2.17. The van der Waals surface area contributed by atoms with E-state index in [4.69, 9.17) is 4.43 Å². The zero-order valence-electron chi connectivity index (χ0n) is 15.8. The van der Waals surface area contributed by atoms with Crippen molar-refractivity contribution in [1.29, 1.82) is 0 Å². The van der Waals surface area contributed by atoms with E-state index in [1.165, 1.54) is 36.5 Å². The fourth-order valence-corrected chi connectivity index (χ4v) is 6.90. The second-order valence-electron chi connectivity index (χ2n) is 9.74. The van der Waals surface area contributed by atoms with Crippen LogP contribution < -0.4 is 0 Å². The number of rotatable bonds is 4. The van der Waals surface area contributed by atoms with E-state index in [0.717, 1.165) is 17.8 Å². The van der Waals surface area contributed by atoms with Crippen LogP contribution in [0, 0.1) is 23.2 Å². The Morgan fingerprint density at radius 2 is 1.86 bits per heavy atom. The van der Waals surface area contributed by atoms with Crippen LogP contribution in [0.1, 0.15) is 66.7 Å². The molecule has 0 unspecified atom stereocenters. The van der Waals surface area contributed by atoms with Gasteiger partial charge in [-0.3, -0.25) is 0 Å². The summed E-state index contributed by atoms with van der Waals surface area (Å²) >= 11 is 2.59. The molecule has 1 nitrogen and oxygen atoms in total. The molecule has 0 N–H and O–H groups in total. The first kappa shape index (κ1) is 19.2. The second kappa shape index (κ2) is 6.66. The topological polar surface area (TPSA) is 9.23 Å². The molecule has 2 fully saturated rings. The van der Waals surface area contributed by atoms with Crippen molar-refractivity contribution < 1.29 is 4.43 Å². The molecular weight excluding hydrogens is 399 g/mol. The van der Waals surface area contributed by atoms with Crippen LogP contribution in [-0.4, -0.2) is 18.8 Å². The van der Waals surface area contributed by atoms with Crippen molar-refractivity contribution in [2.24, 2.45) is 23.2 Å². The predicted molar refractivity (Wildman–Crippen MR) is 108 cm³/mol. The van der Waals surface area contributed by atoms with Crippen LogP contribution in [-0.2, 0) is 4.43 Å². The average Bonchev–Trinajstić information content (AvgIpc) is 2.74. The summed E-state index contributed by atoms with van der Waals surface area (Å²) in [5.74, 6) is 2.59. The van der Waals surface area contributed by atoms with Crippen LogP contribution >= 0.6 is 22.6 Å². The first-order valence-electron chi connectivity index (χ1n) is 9.27. The lowest BCUT2D eigenvalue weighted by Gasteiger charge is -2.49. The van der Waals surface area contributed by atoms with Crippen molar-refractivity contribution in [1.82, 2.24) is 0 Å². The molecule has 130 valence electrons. The molecule has 0 spiro atoms. The van der Waals surface area contributed by atoms with E-state index in [-0.39, 0.29) is 0 Å². The molecule has 2 aliphatic rings. The number of halogens is 1. The fourth-order valence-electron chi connectivity index (χ4n) is 4.90. The highest BCUT2D eigenvalue weighted by Crippen LogP contribution is 2.59. The summed E-state index contributed by atoms with van der Waals surface area (Å²) in [6, 6.07) is 0. The maximum atomic E-state index is 6.92. The monoisotopic (exact) mass is 436 g/mol. The molecule has 0 amide bonds. The van der Waals surface area contributed by atoms with Gasteiger partial charge in [0.15, 0.2) is 8.32 Å². The molecule has 2 aliphatic carbocycles. The van der Waals surface area contributed by atoms with Crippen molar-refractivity contribution in [3.63, 3.8) is 0 Å². The zero-order valence-corrected chi connectivity index (χ0v) is 19.0. The highest BCUT2D eigenvalue weighted by Gasteiger charge is 2.54. The van der Waals surface area contributed by atoms with Crippen molar-refractivity contribution >= 4 is 30.9 Å². The van der Waals surface area contributed by atoms with E-state index in [9.17, 15) is 0 Å². The number of hydrogen-bond donors (Lipinski definition) is 0. The SMILES string of the molecule is C[C@H](CI)[C@H]1CC[C@H]2[C@@H](O[Si](C)(C)C(C)(C)C)CCC[C@]12C. The van der Waals surface area contributed by atoms with Gasteiger partial charge in [0, 0.05) is 10.5 Å². The third-order valence-corrected chi connectivity index (χ3v) is 13.2. The van der Waals surface area contributed by atoms with Gasteiger partial charge in [0.05, 0.1) is 0 Å². The van der Waals surface area contributed by atoms with Gasteiger partial charge in [0.25, 0.3) is 0 Å². The quantitative estimate of drug-likeness (QED) is 0.272. The molecule has 0 aromatic heterocycles. The summed E-state index contributed by atoms with van der Waals surface area (Å²) in [5.41, 5.74) is 0.538. The maximum Gasteiger partial charge on any atom is 0.192 e. The molecule has 2 saturated carbocycles. The van der Waals surface area contributed by atoms with Crippen molar-refractivity contribution in [3.8, 4) is 0 Å². The average molecular weight is 436 g/mol. The van der Waals surface area contributed by atoms with Gasteiger partial charge in [0.2, 0.25) is 0 Å². The van der Waals surface area contributed by atoms with Gasteiger partial charge in [-0.05, 0) is 67.0 Å². The number of alkyl halides is 1. The Kier molecular flexibility index (Phi) is 5.83. The summed E-state index contributed by atoms with van der Waals surface area (Å²) in [7, 11) is -1.64. The Hall–Kier alpha value is 0.907. The van der Waals surface area contributed by atoms with E-state index < -0.39 is 8.32 Å². The minimum atomic E-state index is -1.64. The Morgan fingerprint density at radius 1 is 1.23 bits per heavy atom. The van der Waals surface area contributed by atoms with Crippen molar-refractivity contribution in [3.05, 3.63) is 0 Å².